The zero-order valence-electron chi connectivity index (χ0n) is 13.5. The highest BCUT2D eigenvalue weighted by atomic mass is 32.2. The lowest BCUT2D eigenvalue weighted by atomic mass is 9.99. The number of rotatable bonds is 5. The van der Waals surface area contributed by atoms with E-state index in [-0.39, 0.29) is 23.7 Å². The molecule has 6 heteroatoms. The zero-order chi connectivity index (χ0) is 16.2. The van der Waals surface area contributed by atoms with Crippen LogP contribution < -0.4 is 5.32 Å². The zero-order valence-corrected chi connectivity index (χ0v) is 14.3. The van der Waals surface area contributed by atoms with Gasteiger partial charge in [-0.15, -0.1) is 0 Å². The number of hydrogen-bond donors (Lipinski definition) is 1. The fraction of sp³-hybridized carbons (Fsp3) is 0.529. The fourth-order valence-corrected chi connectivity index (χ4v) is 3.91. The lowest BCUT2D eigenvalue weighted by Crippen LogP contribution is -2.46. The average molecular weight is 333 g/mol. The Balaban J connectivity index is 1.45. The van der Waals surface area contributed by atoms with E-state index in [0.29, 0.717) is 13.1 Å². The SMILES string of the molecule is C[C@@H](CNC(=O)CN1CCSC1=O)N1CCc2ccccc2C1. The molecule has 0 bridgehead atoms. The summed E-state index contributed by atoms with van der Waals surface area (Å²) in [6.07, 6.45) is 1.06. The van der Waals surface area contributed by atoms with Gasteiger partial charge in [-0.05, 0) is 24.5 Å². The van der Waals surface area contributed by atoms with Crippen LogP contribution in [0, 0.1) is 0 Å². The summed E-state index contributed by atoms with van der Waals surface area (Å²) >= 11 is 1.29. The molecule has 23 heavy (non-hydrogen) atoms. The van der Waals surface area contributed by atoms with Crippen LogP contribution in [0.2, 0.25) is 0 Å². The third kappa shape index (κ3) is 4.06. The number of hydrogen-bond acceptors (Lipinski definition) is 4. The minimum absolute atomic E-state index is 0.0147. The van der Waals surface area contributed by atoms with Crippen molar-refractivity contribution in [1.29, 1.82) is 0 Å². The quantitative estimate of drug-likeness (QED) is 0.891. The van der Waals surface area contributed by atoms with Crippen LogP contribution >= 0.6 is 11.8 Å². The van der Waals surface area contributed by atoms with Crippen LogP contribution in [0.4, 0.5) is 4.79 Å². The van der Waals surface area contributed by atoms with Crippen LogP contribution in [0.15, 0.2) is 24.3 Å². The average Bonchev–Trinajstić information content (AvgIpc) is 2.97. The molecule has 0 unspecified atom stereocenters. The molecule has 1 saturated heterocycles. The van der Waals surface area contributed by atoms with Gasteiger partial charge in [0.2, 0.25) is 5.91 Å². The molecule has 0 aromatic heterocycles. The summed E-state index contributed by atoms with van der Waals surface area (Å²) in [4.78, 5) is 27.5. The maximum Gasteiger partial charge on any atom is 0.282 e. The molecule has 1 atom stereocenters. The van der Waals surface area contributed by atoms with Crippen molar-refractivity contribution in [1.82, 2.24) is 15.1 Å². The molecule has 0 spiro atoms. The Kier molecular flexibility index (Phi) is 5.23. The molecule has 1 aromatic rings. The van der Waals surface area contributed by atoms with Crippen LogP contribution in [-0.2, 0) is 17.8 Å². The van der Waals surface area contributed by atoms with Crippen molar-refractivity contribution >= 4 is 22.9 Å². The molecule has 2 aliphatic heterocycles. The first kappa shape index (κ1) is 16.3. The number of amides is 2. The minimum atomic E-state index is -0.0647. The molecule has 1 N–H and O–H groups in total. The molecule has 5 nitrogen and oxygen atoms in total. The topological polar surface area (TPSA) is 52.7 Å². The first-order valence-corrected chi connectivity index (χ1v) is 9.11. The largest absolute Gasteiger partial charge is 0.353 e. The van der Waals surface area contributed by atoms with E-state index >= 15 is 0 Å². The summed E-state index contributed by atoms with van der Waals surface area (Å²) in [6, 6.07) is 8.85. The fourth-order valence-electron chi connectivity index (χ4n) is 3.08. The monoisotopic (exact) mass is 333 g/mol. The summed E-state index contributed by atoms with van der Waals surface area (Å²) in [5.74, 6) is 0.723. The Morgan fingerprint density at radius 1 is 1.30 bits per heavy atom. The Labute approximate surface area is 141 Å². The summed E-state index contributed by atoms with van der Waals surface area (Å²) in [5.41, 5.74) is 2.82. The molecular formula is C17H23N3O2S. The van der Waals surface area contributed by atoms with Crippen LogP contribution in [0.5, 0.6) is 0 Å². The van der Waals surface area contributed by atoms with Gasteiger partial charge in [0, 0.05) is 38.0 Å². The number of thioether (sulfide) groups is 1. The molecule has 2 amide bonds. The van der Waals surface area contributed by atoms with E-state index in [4.69, 9.17) is 0 Å². The van der Waals surface area contributed by atoms with Crippen molar-refractivity contribution in [2.24, 2.45) is 0 Å². The summed E-state index contributed by atoms with van der Waals surface area (Å²) < 4.78 is 0. The first-order chi connectivity index (χ1) is 11.1. The lowest BCUT2D eigenvalue weighted by Gasteiger charge is -2.33. The highest BCUT2D eigenvalue weighted by Crippen LogP contribution is 2.20. The third-order valence-corrected chi connectivity index (χ3v) is 5.45. The highest BCUT2D eigenvalue weighted by Gasteiger charge is 2.24. The molecule has 0 aliphatic carbocycles. The third-order valence-electron chi connectivity index (χ3n) is 4.56. The van der Waals surface area contributed by atoms with Gasteiger partial charge in [0.1, 0.15) is 6.54 Å². The van der Waals surface area contributed by atoms with Gasteiger partial charge in [-0.1, -0.05) is 36.0 Å². The number of fused-ring (bicyclic) bond motifs is 1. The molecule has 3 rings (SSSR count). The van der Waals surface area contributed by atoms with Crippen LogP contribution in [0.1, 0.15) is 18.1 Å². The summed E-state index contributed by atoms with van der Waals surface area (Å²) in [7, 11) is 0. The van der Waals surface area contributed by atoms with Crippen molar-refractivity contribution < 1.29 is 9.59 Å². The molecule has 1 fully saturated rings. The first-order valence-electron chi connectivity index (χ1n) is 8.12. The van der Waals surface area contributed by atoms with E-state index in [0.717, 1.165) is 25.3 Å². The molecular weight excluding hydrogens is 310 g/mol. The molecule has 1 aromatic carbocycles. The standard InChI is InChI=1S/C17H23N3O2S/c1-13(10-18-16(21)12-20-8-9-23-17(20)22)19-7-6-14-4-2-3-5-15(14)11-19/h2-5,13H,6-12H2,1H3,(H,18,21)/t13-/m0/s1. The van der Waals surface area contributed by atoms with Gasteiger partial charge in [-0.3, -0.25) is 14.5 Å². The lowest BCUT2D eigenvalue weighted by molar-refractivity contribution is -0.121. The van der Waals surface area contributed by atoms with Crippen molar-refractivity contribution in [2.75, 3.05) is 31.9 Å². The minimum Gasteiger partial charge on any atom is -0.353 e. The van der Waals surface area contributed by atoms with E-state index in [9.17, 15) is 9.59 Å². The van der Waals surface area contributed by atoms with Gasteiger partial charge in [0.05, 0.1) is 0 Å². The second-order valence-electron chi connectivity index (χ2n) is 6.18. The number of carbonyl (C=O) groups excluding carboxylic acids is 2. The summed E-state index contributed by atoms with van der Waals surface area (Å²) in [5, 5.41) is 2.98. The van der Waals surface area contributed by atoms with Gasteiger partial charge in [-0.2, -0.15) is 0 Å². The highest BCUT2D eigenvalue weighted by molar-refractivity contribution is 8.13. The predicted molar refractivity (Wildman–Crippen MR) is 92.5 cm³/mol. The normalized spacial score (nSPS) is 19.5. The van der Waals surface area contributed by atoms with E-state index in [2.05, 4.69) is 41.4 Å². The predicted octanol–water partition coefficient (Wildman–Crippen LogP) is 1.72. The van der Waals surface area contributed by atoms with E-state index in [1.807, 2.05) is 0 Å². The number of benzene rings is 1. The van der Waals surface area contributed by atoms with Crippen LogP contribution in [-0.4, -0.2) is 58.9 Å². The molecule has 0 radical (unpaired) electrons. The second-order valence-corrected chi connectivity index (χ2v) is 7.22. The molecule has 0 saturated carbocycles. The Bertz CT molecular complexity index is 593. The number of nitrogens with zero attached hydrogens (tertiary/aromatic N) is 2. The maximum atomic E-state index is 12.0. The van der Waals surface area contributed by atoms with Crippen molar-refractivity contribution in [2.45, 2.75) is 25.9 Å². The smallest absolute Gasteiger partial charge is 0.282 e. The van der Waals surface area contributed by atoms with Crippen molar-refractivity contribution in [3.8, 4) is 0 Å². The molecule has 2 aliphatic rings. The van der Waals surface area contributed by atoms with Crippen molar-refractivity contribution in [3.05, 3.63) is 35.4 Å². The van der Waals surface area contributed by atoms with E-state index in [1.54, 1.807) is 4.90 Å². The van der Waals surface area contributed by atoms with Crippen LogP contribution in [0.3, 0.4) is 0 Å². The Hall–Kier alpha value is -1.53. The van der Waals surface area contributed by atoms with Gasteiger partial charge < -0.3 is 10.2 Å². The van der Waals surface area contributed by atoms with Gasteiger partial charge in [0.25, 0.3) is 5.24 Å². The molecule has 2 heterocycles. The van der Waals surface area contributed by atoms with E-state index < -0.39 is 0 Å². The van der Waals surface area contributed by atoms with Gasteiger partial charge in [0.15, 0.2) is 0 Å². The summed E-state index contributed by atoms with van der Waals surface area (Å²) in [6.45, 7) is 5.59. The molecule has 124 valence electrons. The van der Waals surface area contributed by atoms with Gasteiger partial charge in [-0.25, -0.2) is 0 Å². The van der Waals surface area contributed by atoms with Gasteiger partial charge >= 0.3 is 0 Å². The Morgan fingerprint density at radius 2 is 2.09 bits per heavy atom. The number of carbonyl (C=O) groups is 2. The second kappa shape index (κ2) is 7.36. The van der Waals surface area contributed by atoms with Crippen molar-refractivity contribution in [3.63, 3.8) is 0 Å². The Morgan fingerprint density at radius 3 is 2.83 bits per heavy atom. The maximum absolute atomic E-state index is 12.0. The number of nitrogens with one attached hydrogen (secondary N) is 1. The van der Waals surface area contributed by atoms with Crippen LogP contribution in [0.25, 0.3) is 0 Å². The van der Waals surface area contributed by atoms with E-state index in [1.165, 1.54) is 22.9 Å².